The summed E-state index contributed by atoms with van der Waals surface area (Å²) < 4.78 is 5.57. The quantitative estimate of drug-likeness (QED) is 0.307. The first kappa shape index (κ1) is 19.3. The van der Waals surface area contributed by atoms with Crippen LogP contribution in [0.5, 0.6) is 0 Å². The maximum Gasteiger partial charge on any atom is 0.293 e. The molecule has 5 rings (SSSR count). The maximum absolute atomic E-state index is 12.5. The number of nitrogens with zero attached hydrogens (tertiary/aromatic N) is 1. The Balaban J connectivity index is 1.34. The van der Waals surface area contributed by atoms with E-state index in [0.717, 1.165) is 22.0 Å². The third-order valence-corrected chi connectivity index (χ3v) is 5.29. The third kappa shape index (κ3) is 3.88. The molecule has 8 heteroatoms. The van der Waals surface area contributed by atoms with E-state index in [1.807, 2.05) is 54.6 Å². The molecule has 0 aliphatic heterocycles. The average Bonchev–Trinajstić information content (AvgIpc) is 3.39. The van der Waals surface area contributed by atoms with Crippen molar-refractivity contribution in [3.05, 3.63) is 83.6 Å². The number of aromatic amines is 1. The highest BCUT2D eigenvalue weighted by molar-refractivity contribution is 7.80. The number of thiocarbonyl (C=S) groups is 1. The first-order valence-electron chi connectivity index (χ1n) is 9.42. The summed E-state index contributed by atoms with van der Waals surface area (Å²) in [5.74, 6) is 0.434. The fourth-order valence-corrected chi connectivity index (χ4v) is 3.64. The SMILES string of the molecule is O=C(NC(=S)Nc1cc(-c2nc3ccccc3[nH]2)ccc1Cl)c1cc2ccccc2o1. The lowest BCUT2D eigenvalue weighted by atomic mass is 10.2. The summed E-state index contributed by atoms with van der Waals surface area (Å²) in [5, 5.41) is 7.00. The molecule has 6 nitrogen and oxygen atoms in total. The summed E-state index contributed by atoms with van der Waals surface area (Å²) in [6.07, 6.45) is 0. The summed E-state index contributed by atoms with van der Waals surface area (Å²) in [7, 11) is 0. The summed E-state index contributed by atoms with van der Waals surface area (Å²) in [6.45, 7) is 0. The Morgan fingerprint density at radius 3 is 2.68 bits per heavy atom. The fraction of sp³-hybridized carbons (Fsp3) is 0. The number of halogens is 1. The van der Waals surface area contributed by atoms with Crippen LogP contribution in [-0.2, 0) is 0 Å². The molecule has 1 amide bonds. The lowest BCUT2D eigenvalue weighted by Gasteiger charge is -2.11. The molecule has 2 heterocycles. The largest absolute Gasteiger partial charge is 0.451 e. The van der Waals surface area contributed by atoms with Crippen molar-refractivity contribution in [3.63, 3.8) is 0 Å². The van der Waals surface area contributed by atoms with Crippen molar-refractivity contribution in [2.45, 2.75) is 0 Å². The molecule has 3 N–H and O–H groups in total. The van der Waals surface area contributed by atoms with Gasteiger partial charge in [-0.1, -0.05) is 41.9 Å². The van der Waals surface area contributed by atoms with Crippen molar-refractivity contribution >= 4 is 62.5 Å². The average molecular weight is 447 g/mol. The molecule has 2 aromatic heterocycles. The van der Waals surface area contributed by atoms with Gasteiger partial charge in [0.15, 0.2) is 10.9 Å². The molecule has 0 unspecified atom stereocenters. The number of para-hydroxylation sites is 3. The topological polar surface area (TPSA) is 83.0 Å². The lowest BCUT2D eigenvalue weighted by Crippen LogP contribution is -2.34. The zero-order chi connectivity index (χ0) is 21.4. The van der Waals surface area contributed by atoms with E-state index in [9.17, 15) is 4.79 Å². The van der Waals surface area contributed by atoms with Gasteiger partial charge in [0, 0.05) is 10.9 Å². The number of furan rings is 1. The van der Waals surface area contributed by atoms with E-state index < -0.39 is 5.91 Å². The molecule has 0 saturated carbocycles. The van der Waals surface area contributed by atoms with Crippen LogP contribution in [0.25, 0.3) is 33.4 Å². The second-order valence-corrected chi connectivity index (χ2v) is 7.67. The van der Waals surface area contributed by atoms with E-state index in [1.165, 1.54) is 0 Å². The molecule has 0 atom stereocenters. The van der Waals surface area contributed by atoms with Gasteiger partial charge < -0.3 is 14.7 Å². The van der Waals surface area contributed by atoms with E-state index in [1.54, 1.807) is 18.2 Å². The second kappa shape index (κ2) is 7.86. The van der Waals surface area contributed by atoms with E-state index in [-0.39, 0.29) is 10.9 Å². The van der Waals surface area contributed by atoms with Gasteiger partial charge in [-0.25, -0.2) is 4.98 Å². The summed E-state index contributed by atoms with van der Waals surface area (Å²) in [5.41, 5.74) is 3.82. The Kier molecular flexibility index (Phi) is 4.89. The minimum absolute atomic E-state index is 0.106. The minimum Gasteiger partial charge on any atom is -0.451 e. The fourth-order valence-electron chi connectivity index (χ4n) is 3.27. The molecule has 0 spiro atoms. The van der Waals surface area contributed by atoms with E-state index in [4.69, 9.17) is 28.2 Å². The van der Waals surface area contributed by atoms with Gasteiger partial charge in [0.2, 0.25) is 0 Å². The molecule has 0 radical (unpaired) electrons. The molecular formula is C23H15ClN4O2S. The number of imidazole rings is 1. The molecule has 0 bridgehead atoms. The zero-order valence-corrected chi connectivity index (χ0v) is 17.6. The number of hydrogen-bond acceptors (Lipinski definition) is 4. The maximum atomic E-state index is 12.5. The monoisotopic (exact) mass is 446 g/mol. The van der Waals surface area contributed by atoms with Crippen LogP contribution in [0.4, 0.5) is 5.69 Å². The first-order valence-corrected chi connectivity index (χ1v) is 10.2. The van der Waals surface area contributed by atoms with Gasteiger partial charge in [0.25, 0.3) is 5.91 Å². The predicted molar refractivity (Wildman–Crippen MR) is 126 cm³/mol. The molecule has 152 valence electrons. The molecule has 0 saturated heterocycles. The Morgan fingerprint density at radius 1 is 1.03 bits per heavy atom. The summed E-state index contributed by atoms with van der Waals surface area (Å²) in [6, 6.07) is 22.3. The van der Waals surface area contributed by atoms with Gasteiger partial charge in [-0.3, -0.25) is 10.1 Å². The van der Waals surface area contributed by atoms with Gasteiger partial charge >= 0.3 is 0 Å². The van der Waals surface area contributed by atoms with Crippen molar-refractivity contribution in [2.24, 2.45) is 0 Å². The number of carbonyl (C=O) groups is 1. The lowest BCUT2D eigenvalue weighted by molar-refractivity contribution is 0.0953. The van der Waals surface area contributed by atoms with E-state index >= 15 is 0 Å². The standard InChI is InChI=1S/C23H15ClN4O2S/c24-15-10-9-14(21-25-16-6-2-3-7-17(16)26-21)11-18(15)27-23(31)28-22(29)20-12-13-5-1-4-8-19(13)30-20/h1-12H,(H,25,26)(H2,27,28,29,31). The number of benzene rings is 3. The van der Waals surface area contributed by atoms with Crippen molar-refractivity contribution in [2.75, 3.05) is 5.32 Å². The highest BCUT2D eigenvalue weighted by Crippen LogP contribution is 2.29. The van der Waals surface area contributed by atoms with Crippen LogP contribution < -0.4 is 10.6 Å². The smallest absolute Gasteiger partial charge is 0.293 e. The molecule has 0 fully saturated rings. The van der Waals surface area contributed by atoms with Crippen LogP contribution in [0.3, 0.4) is 0 Å². The number of carbonyl (C=O) groups excluding carboxylic acids is 1. The van der Waals surface area contributed by atoms with E-state index in [2.05, 4.69) is 20.6 Å². The number of aromatic nitrogens is 2. The van der Waals surface area contributed by atoms with Crippen molar-refractivity contribution in [1.82, 2.24) is 15.3 Å². The highest BCUT2D eigenvalue weighted by atomic mass is 35.5. The van der Waals surface area contributed by atoms with Crippen molar-refractivity contribution in [3.8, 4) is 11.4 Å². The van der Waals surface area contributed by atoms with Crippen molar-refractivity contribution in [1.29, 1.82) is 0 Å². The highest BCUT2D eigenvalue weighted by Gasteiger charge is 2.15. The van der Waals surface area contributed by atoms with Crippen molar-refractivity contribution < 1.29 is 9.21 Å². The summed E-state index contributed by atoms with van der Waals surface area (Å²) in [4.78, 5) is 20.4. The number of rotatable bonds is 3. The van der Waals surface area contributed by atoms with Crippen LogP contribution in [0.1, 0.15) is 10.6 Å². The predicted octanol–water partition coefficient (Wildman–Crippen LogP) is 5.76. The molecule has 31 heavy (non-hydrogen) atoms. The van der Waals surface area contributed by atoms with Gasteiger partial charge in [-0.2, -0.15) is 0 Å². The number of amides is 1. The van der Waals surface area contributed by atoms with Crippen LogP contribution in [0.15, 0.2) is 77.2 Å². The first-order chi connectivity index (χ1) is 15.1. The second-order valence-electron chi connectivity index (χ2n) is 6.85. The molecule has 5 aromatic rings. The normalized spacial score (nSPS) is 11.0. The number of H-pyrrole nitrogens is 1. The summed E-state index contributed by atoms with van der Waals surface area (Å²) >= 11 is 11.6. The number of hydrogen-bond donors (Lipinski definition) is 3. The van der Waals surface area contributed by atoms with Gasteiger partial charge in [-0.15, -0.1) is 0 Å². The van der Waals surface area contributed by atoms with Gasteiger partial charge in [0.1, 0.15) is 11.4 Å². The van der Waals surface area contributed by atoms with Crippen LogP contribution >= 0.6 is 23.8 Å². The third-order valence-electron chi connectivity index (χ3n) is 4.75. The van der Waals surface area contributed by atoms with Crippen LogP contribution in [-0.4, -0.2) is 21.0 Å². The Morgan fingerprint density at radius 2 is 1.84 bits per heavy atom. The Bertz CT molecular complexity index is 1390. The Hall–Kier alpha value is -3.68. The van der Waals surface area contributed by atoms with Gasteiger partial charge in [0.05, 0.1) is 21.7 Å². The minimum atomic E-state index is -0.446. The number of nitrogens with one attached hydrogen (secondary N) is 3. The zero-order valence-electron chi connectivity index (χ0n) is 16.0. The Labute approximate surface area is 187 Å². The van der Waals surface area contributed by atoms with E-state index in [0.29, 0.717) is 22.1 Å². The van der Waals surface area contributed by atoms with Crippen LogP contribution in [0.2, 0.25) is 5.02 Å². The molecule has 0 aliphatic carbocycles. The molecule has 3 aromatic carbocycles. The van der Waals surface area contributed by atoms with Gasteiger partial charge in [-0.05, 0) is 54.7 Å². The molecular weight excluding hydrogens is 432 g/mol. The van der Waals surface area contributed by atoms with Crippen LogP contribution in [0, 0.1) is 0 Å². The molecule has 0 aliphatic rings. The number of anilines is 1. The number of fused-ring (bicyclic) bond motifs is 2.